The first-order valence-electron chi connectivity index (χ1n) is 5.63. The van der Waals surface area contributed by atoms with Gasteiger partial charge in [0.1, 0.15) is 0 Å². The third-order valence-electron chi connectivity index (χ3n) is 2.73. The zero-order valence-corrected chi connectivity index (χ0v) is 9.99. The number of carbonyl (C=O) groups excluding carboxylic acids is 1. The van der Waals surface area contributed by atoms with Gasteiger partial charge in [0.25, 0.3) is 0 Å². The SMILES string of the molecule is CC(C)(C(=O)NCCCN)c1ccccc1. The lowest BCUT2D eigenvalue weighted by Gasteiger charge is -2.24. The molecule has 0 atom stereocenters. The summed E-state index contributed by atoms with van der Waals surface area (Å²) in [5.41, 5.74) is 5.92. The Balaban J connectivity index is 2.66. The average molecular weight is 220 g/mol. The Bertz CT molecular complexity index is 333. The lowest BCUT2D eigenvalue weighted by Crippen LogP contribution is -2.40. The molecule has 16 heavy (non-hydrogen) atoms. The van der Waals surface area contributed by atoms with Crippen molar-refractivity contribution in [3.63, 3.8) is 0 Å². The highest BCUT2D eigenvalue weighted by atomic mass is 16.2. The highest BCUT2D eigenvalue weighted by Gasteiger charge is 2.28. The third kappa shape index (κ3) is 3.07. The predicted octanol–water partition coefficient (Wildman–Crippen LogP) is 1.43. The number of rotatable bonds is 5. The first-order chi connectivity index (χ1) is 7.59. The highest BCUT2D eigenvalue weighted by Crippen LogP contribution is 2.22. The number of hydrogen-bond acceptors (Lipinski definition) is 2. The maximum Gasteiger partial charge on any atom is 0.230 e. The van der Waals surface area contributed by atoms with Gasteiger partial charge in [-0.15, -0.1) is 0 Å². The first-order valence-corrected chi connectivity index (χ1v) is 5.63. The van der Waals surface area contributed by atoms with Crippen LogP contribution in [0.3, 0.4) is 0 Å². The van der Waals surface area contributed by atoms with Crippen molar-refractivity contribution in [3.8, 4) is 0 Å². The Hall–Kier alpha value is -1.35. The molecule has 0 fully saturated rings. The Kier molecular flexibility index (Phi) is 4.50. The van der Waals surface area contributed by atoms with Crippen LogP contribution in [0.5, 0.6) is 0 Å². The van der Waals surface area contributed by atoms with Crippen molar-refractivity contribution in [1.82, 2.24) is 5.32 Å². The maximum atomic E-state index is 12.0. The molecule has 0 aliphatic heterocycles. The second-order valence-corrected chi connectivity index (χ2v) is 4.39. The summed E-state index contributed by atoms with van der Waals surface area (Å²) in [6, 6.07) is 9.80. The van der Waals surface area contributed by atoms with Gasteiger partial charge in [0.15, 0.2) is 0 Å². The standard InChI is InChI=1S/C13H20N2O/c1-13(2,11-7-4-3-5-8-11)12(16)15-10-6-9-14/h3-5,7-8H,6,9-10,14H2,1-2H3,(H,15,16). The molecule has 88 valence electrons. The van der Waals surface area contributed by atoms with E-state index in [1.54, 1.807) is 0 Å². The van der Waals surface area contributed by atoms with Crippen molar-refractivity contribution in [1.29, 1.82) is 0 Å². The number of benzene rings is 1. The summed E-state index contributed by atoms with van der Waals surface area (Å²) in [4.78, 5) is 12.0. The van der Waals surface area contributed by atoms with Gasteiger partial charge in [0.05, 0.1) is 5.41 Å². The summed E-state index contributed by atoms with van der Waals surface area (Å²) in [5.74, 6) is 0.0483. The smallest absolute Gasteiger partial charge is 0.230 e. The minimum absolute atomic E-state index is 0.0483. The van der Waals surface area contributed by atoms with Gasteiger partial charge in [-0.05, 0) is 32.4 Å². The molecule has 0 heterocycles. The van der Waals surface area contributed by atoms with Gasteiger partial charge in [-0.25, -0.2) is 0 Å². The average Bonchev–Trinajstić information content (AvgIpc) is 2.30. The van der Waals surface area contributed by atoms with E-state index in [1.165, 1.54) is 0 Å². The van der Waals surface area contributed by atoms with E-state index in [9.17, 15) is 4.79 Å². The van der Waals surface area contributed by atoms with Crippen molar-refractivity contribution < 1.29 is 4.79 Å². The summed E-state index contributed by atoms with van der Waals surface area (Å²) in [7, 11) is 0. The van der Waals surface area contributed by atoms with E-state index in [0.717, 1.165) is 12.0 Å². The van der Waals surface area contributed by atoms with E-state index in [4.69, 9.17) is 5.73 Å². The van der Waals surface area contributed by atoms with Crippen LogP contribution in [0.15, 0.2) is 30.3 Å². The molecule has 1 amide bonds. The van der Waals surface area contributed by atoms with Gasteiger partial charge in [0, 0.05) is 6.54 Å². The summed E-state index contributed by atoms with van der Waals surface area (Å²) in [6.07, 6.45) is 0.816. The monoisotopic (exact) mass is 220 g/mol. The quantitative estimate of drug-likeness (QED) is 0.738. The zero-order valence-electron chi connectivity index (χ0n) is 9.99. The lowest BCUT2D eigenvalue weighted by molar-refractivity contribution is -0.125. The van der Waals surface area contributed by atoms with E-state index in [2.05, 4.69) is 5.32 Å². The number of nitrogens with two attached hydrogens (primary N) is 1. The molecule has 0 saturated carbocycles. The molecule has 0 aliphatic carbocycles. The third-order valence-corrected chi connectivity index (χ3v) is 2.73. The number of hydrogen-bond donors (Lipinski definition) is 2. The van der Waals surface area contributed by atoms with Crippen molar-refractivity contribution in [2.24, 2.45) is 5.73 Å². The predicted molar refractivity (Wildman–Crippen MR) is 66.1 cm³/mol. The fourth-order valence-corrected chi connectivity index (χ4v) is 1.51. The lowest BCUT2D eigenvalue weighted by atomic mass is 9.84. The van der Waals surface area contributed by atoms with Gasteiger partial charge in [-0.1, -0.05) is 30.3 Å². The molecular weight excluding hydrogens is 200 g/mol. The molecule has 3 nitrogen and oxygen atoms in total. The molecule has 1 aromatic rings. The van der Waals surface area contributed by atoms with Crippen LogP contribution in [0, 0.1) is 0 Å². The highest BCUT2D eigenvalue weighted by molar-refractivity contribution is 5.87. The van der Waals surface area contributed by atoms with Crippen molar-refractivity contribution in [2.45, 2.75) is 25.7 Å². The van der Waals surface area contributed by atoms with Crippen molar-refractivity contribution >= 4 is 5.91 Å². The molecule has 0 unspecified atom stereocenters. The molecule has 0 aliphatic rings. The molecule has 1 rings (SSSR count). The van der Waals surface area contributed by atoms with E-state index in [1.807, 2.05) is 44.2 Å². The summed E-state index contributed by atoms with van der Waals surface area (Å²) >= 11 is 0. The minimum Gasteiger partial charge on any atom is -0.355 e. The van der Waals surface area contributed by atoms with Crippen LogP contribution in [0.25, 0.3) is 0 Å². The van der Waals surface area contributed by atoms with Crippen LogP contribution >= 0.6 is 0 Å². The Labute approximate surface area is 97.0 Å². The molecule has 3 N–H and O–H groups in total. The maximum absolute atomic E-state index is 12.0. The van der Waals surface area contributed by atoms with Gasteiger partial charge >= 0.3 is 0 Å². The molecule has 1 aromatic carbocycles. The first kappa shape index (κ1) is 12.7. The number of carbonyl (C=O) groups is 1. The zero-order chi connectivity index (χ0) is 12.0. The van der Waals surface area contributed by atoms with E-state index in [-0.39, 0.29) is 5.91 Å². The van der Waals surface area contributed by atoms with Crippen LogP contribution in [0.4, 0.5) is 0 Å². The van der Waals surface area contributed by atoms with Crippen LogP contribution in [0.2, 0.25) is 0 Å². The molecule has 3 heteroatoms. The van der Waals surface area contributed by atoms with Crippen LogP contribution in [-0.2, 0) is 10.2 Å². The Morgan fingerprint density at radius 3 is 2.50 bits per heavy atom. The molecule has 0 radical (unpaired) electrons. The normalized spacial score (nSPS) is 11.2. The Morgan fingerprint density at radius 1 is 1.31 bits per heavy atom. The van der Waals surface area contributed by atoms with Crippen molar-refractivity contribution in [2.75, 3.05) is 13.1 Å². The van der Waals surface area contributed by atoms with Crippen LogP contribution in [-0.4, -0.2) is 19.0 Å². The second kappa shape index (κ2) is 5.66. The van der Waals surface area contributed by atoms with E-state index < -0.39 is 5.41 Å². The topological polar surface area (TPSA) is 55.1 Å². The molecular formula is C13H20N2O. The molecule has 0 saturated heterocycles. The summed E-state index contributed by atoms with van der Waals surface area (Å²) in [6.45, 7) is 5.11. The van der Waals surface area contributed by atoms with E-state index >= 15 is 0 Å². The van der Waals surface area contributed by atoms with E-state index in [0.29, 0.717) is 13.1 Å². The Morgan fingerprint density at radius 2 is 1.94 bits per heavy atom. The van der Waals surface area contributed by atoms with Gasteiger partial charge in [-0.2, -0.15) is 0 Å². The van der Waals surface area contributed by atoms with Crippen LogP contribution < -0.4 is 11.1 Å². The van der Waals surface area contributed by atoms with Gasteiger partial charge < -0.3 is 11.1 Å². The van der Waals surface area contributed by atoms with Gasteiger partial charge in [0.2, 0.25) is 5.91 Å². The molecule has 0 aromatic heterocycles. The fourth-order valence-electron chi connectivity index (χ4n) is 1.51. The number of amides is 1. The molecule has 0 spiro atoms. The van der Waals surface area contributed by atoms with Crippen molar-refractivity contribution in [3.05, 3.63) is 35.9 Å². The van der Waals surface area contributed by atoms with Gasteiger partial charge in [-0.3, -0.25) is 4.79 Å². The second-order valence-electron chi connectivity index (χ2n) is 4.39. The summed E-state index contributed by atoms with van der Waals surface area (Å²) in [5, 5.41) is 2.90. The minimum atomic E-state index is -0.490. The molecule has 0 bridgehead atoms. The summed E-state index contributed by atoms with van der Waals surface area (Å²) < 4.78 is 0. The van der Waals surface area contributed by atoms with Crippen LogP contribution in [0.1, 0.15) is 25.8 Å². The number of nitrogens with one attached hydrogen (secondary N) is 1. The fraction of sp³-hybridized carbons (Fsp3) is 0.462. The largest absolute Gasteiger partial charge is 0.355 e.